The Morgan fingerprint density at radius 3 is 2.84 bits per heavy atom. The van der Waals surface area contributed by atoms with Crippen LogP contribution >= 0.6 is 15.9 Å². The van der Waals surface area contributed by atoms with E-state index in [0.29, 0.717) is 23.2 Å². The second kappa shape index (κ2) is 6.01. The lowest BCUT2D eigenvalue weighted by molar-refractivity contribution is 0.0937. The van der Waals surface area contributed by atoms with Crippen LogP contribution in [-0.2, 0) is 4.74 Å². The highest BCUT2D eigenvalue weighted by Crippen LogP contribution is 2.48. The van der Waals surface area contributed by atoms with Crippen molar-refractivity contribution < 1.29 is 13.9 Å². The third-order valence-corrected chi connectivity index (χ3v) is 4.24. The van der Waals surface area contributed by atoms with Crippen LogP contribution < -0.4 is 5.32 Å². The lowest BCUT2D eigenvalue weighted by Gasteiger charge is -2.15. The van der Waals surface area contributed by atoms with Gasteiger partial charge in [-0.05, 0) is 58.8 Å². The molecule has 3 nitrogen and oxygen atoms in total. The van der Waals surface area contributed by atoms with Crippen molar-refractivity contribution in [3.8, 4) is 0 Å². The molecular weight excluding hydrogens is 313 g/mol. The monoisotopic (exact) mass is 329 g/mol. The molecule has 1 aliphatic carbocycles. The van der Waals surface area contributed by atoms with E-state index in [1.165, 1.54) is 6.07 Å². The summed E-state index contributed by atoms with van der Waals surface area (Å²) in [5, 5.41) is 2.88. The Balaban J connectivity index is 1.89. The predicted octanol–water partition coefficient (Wildman–Crippen LogP) is 3.13. The maximum absolute atomic E-state index is 13.3. The Morgan fingerprint density at radius 2 is 2.26 bits per heavy atom. The fourth-order valence-corrected chi connectivity index (χ4v) is 2.26. The fraction of sp³-hybridized carbons (Fsp3) is 0.500. The van der Waals surface area contributed by atoms with Crippen molar-refractivity contribution >= 4 is 21.8 Å². The summed E-state index contributed by atoms with van der Waals surface area (Å²) >= 11 is 3.07. The van der Waals surface area contributed by atoms with Crippen molar-refractivity contribution in [1.29, 1.82) is 0 Å². The Kier molecular flexibility index (Phi) is 4.58. The Morgan fingerprint density at radius 1 is 1.53 bits per heavy atom. The van der Waals surface area contributed by atoms with Crippen LogP contribution in [0.4, 0.5) is 4.39 Å². The average Bonchev–Trinajstić information content (AvgIpc) is 3.17. The molecule has 2 rings (SSSR count). The minimum absolute atomic E-state index is 0.194. The highest BCUT2D eigenvalue weighted by molar-refractivity contribution is 9.10. The van der Waals surface area contributed by atoms with E-state index in [1.54, 1.807) is 19.2 Å². The summed E-state index contributed by atoms with van der Waals surface area (Å²) in [6.07, 6.45) is 3.19. The molecule has 1 N–H and O–H groups in total. The molecule has 0 heterocycles. The normalized spacial score (nSPS) is 16.2. The van der Waals surface area contributed by atoms with Gasteiger partial charge >= 0.3 is 0 Å². The maximum Gasteiger partial charge on any atom is 0.251 e. The minimum Gasteiger partial charge on any atom is -0.385 e. The molecule has 1 aromatic carbocycles. The van der Waals surface area contributed by atoms with Crippen LogP contribution in [0.5, 0.6) is 0 Å². The van der Waals surface area contributed by atoms with Crippen molar-refractivity contribution in [1.82, 2.24) is 5.32 Å². The number of rotatable bonds is 6. The lowest BCUT2D eigenvalue weighted by Crippen LogP contribution is -2.30. The van der Waals surface area contributed by atoms with Crippen molar-refractivity contribution in [2.45, 2.75) is 19.3 Å². The number of carbonyl (C=O) groups is 1. The van der Waals surface area contributed by atoms with Crippen LogP contribution in [0.2, 0.25) is 0 Å². The van der Waals surface area contributed by atoms with Gasteiger partial charge in [0.05, 0.1) is 4.47 Å². The lowest BCUT2D eigenvalue weighted by atomic mass is 10.0. The number of amides is 1. The first-order chi connectivity index (χ1) is 9.06. The van der Waals surface area contributed by atoms with Gasteiger partial charge in [0.1, 0.15) is 5.82 Å². The zero-order valence-electron chi connectivity index (χ0n) is 10.8. The molecule has 0 saturated heterocycles. The predicted molar refractivity (Wildman–Crippen MR) is 74.6 cm³/mol. The standard InChI is InChI=1S/C14H17BrFNO2/c1-19-7-6-14(4-5-14)9-17-13(18)10-2-3-11(15)12(16)8-10/h2-3,8H,4-7,9H2,1H3,(H,17,18). The summed E-state index contributed by atoms with van der Waals surface area (Å²) in [5.41, 5.74) is 0.544. The Labute approximate surface area is 120 Å². The van der Waals surface area contributed by atoms with Gasteiger partial charge in [-0.2, -0.15) is 0 Å². The van der Waals surface area contributed by atoms with E-state index in [-0.39, 0.29) is 11.3 Å². The van der Waals surface area contributed by atoms with E-state index in [2.05, 4.69) is 21.2 Å². The molecule has 0 unspecified atom stereocenters. The second-order valence-electron chi connectivity index (χ2n) is 5.05. The highest BCUT2D eigenvalue weighted by atomic mass is 79.9. The van der Waals surface area contributed by atoms with Gasteiger partial charge in [-0.1, -0.05) is 0 Å². The Bertz CT molecular complexity index is 475. The van der Waals surface area contributed by atoms with E-state index >= 15 is 0 Å². The molecule has 1 amide bonds. The minimum atomic E-state index is -0.423. The van der Waals surface area contributed by atoms with Crippen molar-refractivity contribution in [3.63, 3.8) is 0 Å². The summed E-state index contributed by atoms with van der Waals surface area (Å²) in [4.78, 5) is 11.9. The molecule has 0 spiro atoms. The molecule has 104 valence electrons. The first-order valence-corrected chi connectivity index (χ1v) is 7.08. The molecule has 1 fully saturated rings. The van der Waals surface area contributed by atoms with Crippen LogP contribution in [0, 0.1) is 11.2 Å². The van der Waals surface area contributed by atoms with E-state index in [4.69, 9.17) is 4.74 Å². The van der Waals surface area contributed by atoms with Gasteiger partial charge in [0.25, 0.3) is 5.91 Å². The number of ether oxygens (including phenoxy) is 1. The molecule has 0 aliphatic heterocycles. The number of hydrogen-bond donors (Lipinski definition) is 1. The molecular formula is C14H17BrFNO2. The van der Waals surface area contributed by atoms with Crippen molar-refractivity contribution in [2.75, 3.05) is 20.3 Å². The number of methoxy groups -OCH3 is 1. The van der Waals surface area contributed by atoms with Crippen molar-refractivity contribution in [2.24, 2.45) is 5.41 Å². The van der Waals surface area contributed by atoms with Gasteiger partial charge in [0, 0.05) is 25.8 Å². The smallest absolute Gasteiger partial charge is 0.251 e. The number of benzene rings is 1. The summed E-state index contributed by atoms with van der Waals surface area (Å²) in [7, 11) is 1.68. The fourth-order valence-electron chi connectivity index (χ4n) is 2.02. The largest absolute Gasteiger partial charge is 0.385 e. The third kappa shape index (κ3) is 3.76. The van der Waals surface area contributed by atoms with Gasteiger partial charge in [0.15, 0.2) is 0 Å². The number of halogens is 2. The molecule has 1 aliphatic rings. The number of carbonyl (C=O) groups excluding carboxylic acids is 1. The molecule has 0 bridgehead atoms. The first-order valence-electron chi connectivity index (χ1n) is 6.28. The van der Waals surface area contributed by atoms with Gasteiger partial charge < -0.3 is 10.1 Å². The maximum atomic E-state index is 13.3. The van der Waals surface area contributed by atoms with Gasteiger partial charge in [0.2, 0.25) is 0 Å². The van der Waals surface area contributed by atoms with Crippen LogP contribution in [-0.4, -0.2) is 26.2 Å². The molecule has 0 atom stereocenters. The third-order valence-electron chi connectivity index (χ3n) is 3.60. The highest BCUT2D eigenvalue weighted by Gasteiger charge is 2.42. The van der Waals surface area contributed by atoms with Gasteiger partial charge in [-0.25, -0.2) is 4.39 Å². The summed E-state index contributed by atoms with van der Waals surface area (Å²) in [5.74, 6) is -0.650. The van der Waals surface area contributed by atoms with Crippen molar-refractivity contribution in [3.05, 3.63) is 34.1 Å². The van der Waals surface area contributed by atoms with Crippen LogP contribution in [0.15, 0.2) is 22.7 Å². The van der Waals surface area contributed by atoms with E-state index in [1.807, 2.05) is 0 Å². The summed E-state index contributed by atoms with van der Waals surface area (Å²) < 4.78 is 18.8. The summed E-state index contributed by atoms with van der Waals surface area (Å²) in [6.45, 7) is 1.34. The molecule has 0 radical (unpaired) electrons. The molecule has 1 saturated carbocycles. The molecule has 5 heteroatoms. The number of nitrogens with one attached hydrogen (secondary N) is 1. The van der Waals surface area contributed by atoms with E-state index in [9.17, 15) is 9.18 Å². The van der Waals surface area contributed by atoms with E-state index < -0.39 is 5.82 Å². The molecule has 1 aromatic rings. The quantitative estimate of drug-likeness (QED) is 0.870. The topological polar surface area (TPSA) is 38.3 Å². The average molecular weight is 330 g/mol. The van der Waals surface area contributed by atoms with Gasteiger partial charge in [-0.3, -0.25) is 4.79 Å². The zero-order valence-corrected chi connectivity index (χ0v) is 12.4. The molecule has 0 aromatic heterocycles. The van der Waals surface area contributed by atoms with Crippen LogP contribution in [0.3, 0.4) is 0 Å². The van der Waals surface area contributed by atoms with Gasteiger partial charge in [-0.15, -0.1) is 0 Å². The van der Waals surface area contributed by atoms with E-state index in [0.717, 1.165) is 19.3 Å². The summed E-state index contributed by atoms with van der Waals surface area (Å²) in [6, 6.07) is 4.40. The van der Waals surface area contributed by atoms with Crippen LogP contribution in [0.25, 0.3) is 0 Å². The molecule has 19 heavy (non-hydrogen) atoms. The first kappa shape index (κ1) is 14.5. The Hall–Kier alpha value is -0.940. The number of hydrogen-bond acceptors (Lipinski definition) is 2. The van der Waals surface area contributed by atoms with Crippen LogP contribution in [0.1, 0.15) is 29.6 Å². The second-order valence-corrected chi connectivity index (χ2v) is 5.91. The zero-order chi connectivity index (χ0) is 13.9. The SMILES string of the molecule is COCCC1(CNC(=O)c2ccc(Br)c(F)c2)CC1.